The van der Waals surface area contributed by atoms with Gasteiger partial charge in [-0.3, -0.25) is 4.98 Å². The van der Waals surface area contributed by atoms with Gasteiger partial charge in [-0.25, -0.2) is 4.39 Å². The number of anilines is 1. The summed E-state index contributed by atoms with van der Waals surface area (Å²) in [6.45, 7) is 3.64. The number of nitrogens with zero attached hydrogens (tertiary/aromatic N) is 2. The maximum absolute atomic E-state index is 12.5. The van der Waals surface area contributed by atoms with Gasteiger partial charge in [-0.15, -0.1) is 0 Å². The molecule has 0 bridgehead atoms. The van der Waals surface area contributed by atoms with Crippen molar-refractivity contribution in [1.82, 2.24) is 4.98 Å². The van der Waals surface area contributed by atoms with Crippen LogP contribution in [0, 0.1) is 6.92 Å². The SMILES string of the molecule is Cc1cnccc1N1CCOC(CF)C1. The largest absolute Gasteiger partial charge is 0.372 e. The second kappa shape index (κ2) is 4.57. The molecule has 1 aromatic rings. The molecule has 0 aliphatic carbocycles. The molecule has 0 aromatic carbocycles. The molecule has 82 valence electrons. The molecule has 15 heavy (non-hydrogen) atoms. The molecule has 2 heterocycles. The van der Waals surface area contributed by atoms with Gasteiger partial charge in [0.15, 0.2) is 0 Å². The van der Waals surface area contributed by atoms with Crippen molar-refractivity contribution in [2.45, 2.75) is 13.0 Å². The van der Waals surface area contributed by atoms with E-state index in [4.69, 9.17) is 4.74 Å². The van der Waals surface area contributed by atoms with Crippen LogP contribution in [-0.4, -0.2) is 37.5 Å². The third kappa shape index (κ3) is 2.26. The number of pyridine rings is 1. The zero-order valence-corrected chi connectivity index (χ0v) is 8.82. The average molecular weight is 210 g/mol. The van der Waals surface area contributed by atoms with E-state index in [2.05, 4.69) is 9.88 Å². The van der Waals surface area contributed by atoms with Gasteiger partial charge in [-0.2, -0.15) is 0 Å². The van der Waals surface area contributed by atoms with Crippen molar-refractivity contribution in [2.75, 3.05) is 31.3 Å². The van der Waals surface area contributed by atoms with Gasteiger partial charge in [0.05, 0.1) is 6.61 Å². The lowest BCUT2D eigenvalue weighted by Crippen LogP contribution is -2.43. The summed E-state index contributed by atoms with van der Waals surface area (Å²) in [4.78, 5) is 6.20. The minimum absolute atomic E-state index is 0.286. The zero-order valence-electron chi connectivity index (χ0n) is 8.82. The maximum atomic E-state index is 12.5. The molecule has 0 N–H and O–H groups in total. The van der Waals surface area contributed by atoms with Crippen LogP contribution < -0.4 is 4.90 Å². The van der Waals surface area contributed by atoms with Crippen LogP contribution in [-0.2, 0) is 4.74 Å². The Morgan fingerprint density at radius 3 is 3.27 bits per heavy atom. The van der Waals surface area contributed by atoms with E-state index in [0.29, 0.717) is 13.2 Å². The average Bonchev–Trinajstić information content (AvgIpc) is 2.30. The number of aryl methyl sites for hydroxylation is 1. The summed E-state index contributed by atoms with van der Waals surface area (Å²) in [5, 5.41) is 0. The number of hydrogen-bond acceptors (Lipinski definition) is 3. The van der Waals surface area contributed by atoms with Gasteiger partial charge in [0, 0.05) is 31.2 Å². The van der Waals surface area contributed by atoms with Crippen molar-refractivity contribution in [3.05, 3.63) is 24.0 Å². The first-order chi connectivity index (χ1) is 7.31. The van der Waals surface area contributed by atoms with Crippen molar-refractivity contribution in [2.24, 2.45) is 0 Å². The number of morpholine rings is 1. The van der Waals surface area contributed by atoms with Crippen LogP contribution in [0.25, 0.3) is 0 Å². The first-order valence-electron chi connectivity index (χ1n) is 5.14. The molecule has 1 aliphatic rings. The van der Waals surface area contributed by atoms with E-state index >= 15 is 0 Å². The lowest BCUT2D eigenvalue weighted by atomic mass is 10.2. The molecule has 2 rings (SSSR count). The summed E-state index contributed by atoms with van der Waals surface area (Å²) in [7, 11) is 0. The Kier molecular flexibility index (Phi) is 3.16. The molecule has 0 spiro atoms. The Hall–Kier alpha value is -1.16. The molecule has 4 heteroatoms. The van der Waals surface area contributed by atoms with Gasteiger partial charge in [0.2, 0.25) is 0 Å². The maximum Gasteiger partial charge on any atom is 0.117 e. The highest BCUT2D eigenvalue weighted by molar-refractivity contribution is 5.51. The normalized spacial score (nSPS) is 21.7. The van der Waals surface area contributed by atoms with E-state index in [9.17, 15) is 4.39 Å². The quantitative estimate of drug-likeness (QED) is 0.740. The molecular weight excluding hydrogens is 195 g/mol. The van der Waals surface area contributed by atoms with Gasteiger partial charge in [0.1, 0.15) is 12.8 Å². The molecular formula is C11H15FN2O. The van der Waals surface area contributed by atoms with Crippen LogP contribution in [0.4, 0.5) is 10.1 Å². The van der Waals surface area contributed by atoms with Crippen LogP contribution in [0.15, 0.2) is 18.5 Å². The molecule has 1 saturated heterocycles. The molecule has 3 nitrogen and oxygen atoms in total. The summed E-state index contributed by atoms with van der Waals surface area (Å²) < 4.78 is 17.8. The second-order valence-electron chi connectivity index (χ2n) is 3.76. The van der Waals surface area contributed by atoms with Crippen molar-refractivity contribution < 1.29 is 9.13 Å². The highest BCUT2D eigenvalue weighted by Crippen LogP contribution is 2.20. The summed E-state index contributed by atoms with van der Waals surface area (Å²) >= 11 is 0. The lowest BCUT2D eigenvalue weighted by molar-refractivity contribution is 0.0247. The van der Waals surface area contributed by atoms with Crippen LogP contribution in [0.2, 0.25) is 0 Å². The van der Waals surface area contributed by atoms with Crippen molar-refractivity contribution >= 4 is 5.69 Å². The summed E-state index contributed by atoms with van der Waals surface area (Å²) in [5.41, 5.74) is 2.25. The number of ether oxygens (including phenoxy) is 1. The van der Waals surface area contributed by atoms with Gasteiger partial charge in [-0.1, -0.05) is 0 Å². The number of halogens is 1. The second-order valence-corrected chi connectivity index (χ2v) is 3.76. The Labute approximate surface area is 88.9 Å². The fraction of sp³-hybridized carbons (Fsp3) is 0.545. The van der Waals surface area contributed by atoms with Gasteiger partial charge in [-0.05, 0) is 18.6 Å². The first kappa shape index (κ1) is 10.4. The lowest BCUT2D eigenvalue weighted by Gasteiger charge is -2.34. The van der Waals surface area contributed by atoms with E-state index in [-0.39, 0.29) is 6.10 Å². The van der Waals surface area contributed by atoms with Crippen LogP contribution >= 0.6 is 0 Å². The summed E-state index contributed by atoms with van der Waals surface area (Å²) in [6, 6.07) is 1.97. The standard InChI is InChI=1S/C11H15FN2O/c1-9-7-13-3-2-11(9)14-4-5-15-10(6-12)8-14/h2-3,7,10H,4-6,8H2,1H3. The van der Waals surface area contributed by atoms with Crippen LogP contribution in [0.1, 0.15) is 5.56 Å². The summed E-state index contributed by atoms with van der Waals surface area (Å²) in [6.07, 6.45) is 3.31. The van der Waals surface area contributed by atoms with E-state index in [1.165, 1.54) is 0 Å². The molecule has 0 saturated carbocycles. The Bertz CT molecular complexity index is 332. The van der Waals surface area contributed by atoms with Gasteiger partial charge < -0.3 is 9.64 Å². The number of rotatable bonds is 2. The predicted octanol–water partition coefficient (Wildman–Crippen LogP) is 1.56. The molecule has 0 amide bonds. The Morgan fingerprint density at radius 2 is 2.53 bits per heavy atom. The van der Waals surface area contributed by atoms with E-state index < -0.39 is 6.67 Å². The van der Waals surface area contributed by atoms with Crippen LogP contribution in [0.5, 0.6) is 0 Å². The molecule has 1 unspecified atom stereocenters. The minimum Gasteiger partial charge on any atom is -0.372 e. The third-order valence-corrected chi connectivity index (χ3v) is 2.64. The third-order valence-electron chi connectivity index (χ3n) is 2.64. The number of alkyl halides is 1. The smallest absolute Gasteiger partial charge is 0.117 e. The highest BCUT2D eigenvalue weighted by atomic mass is 19.1. The van der Waals surface area contributed by atoms with Crippen molar-refractivity contribution in [1.29, 1.82) is 0 Å². The van der Waals surface area contributed by atoms with E-state index in [1.54, 1.807) is 6.20 Å². The van der Waals surface area contributed by atoms with Crippen molar-refractivity contribution in [3.8, 4) is 0 Å². The zero-order chi connectivity index (χ0) is 10.7. The van der Waals surface area contributed by atoms with E-state index in [1.807, 2.05) is 19.2 Å². The highest BCUT2D eigenvalue weighted by Gasteiger charge is 2.21. The monoisotopic (exact) mass is 210 g/mol. The van der Waals surface area contributed by atoms with Gasteiger partial charge in [0.25, 0.3) is 0 Å². The molecule has 0 radical (unpaired) electrons. The Morgan fingerprint density at radius 1 is 1.67 bits per heavy atom. The first-order valence-corrected chi connectivity index (χ1v) is 5.14. The fourth-order valence-electron chi connectivity index (χ4n) is 1.85. The minimum atomic E-state index is -0.416. The molecule has 1 aromatic heterocycles. The number of aromatic nitrogens is 1. The van der Waals surface area contributed by atoms with Crippen LogP contribution in [0.3, 0.4) is 0 Å². The van der Waals surface area contributed by atoms with Gasteiger partial charge >= 0.3 is 0 Å². The summed E-state index contributed by atoms with van der Waals surface area (Å²) in [5.74, 6) is 0. The molecule has 1 aliphatic heterocycles. The predicted molar refractivity (Wildman–Crippen MR) is 56.9 cm³/mol. The molecule has 1 fully saturated rings. The Balaban J connectivity index is 2.13. The number of hydrogen-bond donors (Lipinski definition) is 0. The topological polar surface area (TPSA) is 25.4 Å². The molecule has 1 atom stereocenters. The van der Waals surface area contributed by atoms with Crippen molar-refractivity contribution in [3.63, 3.8) is 0 Å². The van der Waals surface area contributed by atoms with E-state index in [0.717, 1.165) is 17.8 Å². The fourth-order valence-corrected chi connectivity index (χ4v) is 1.85.